The van der Waals surface area contributed by atoms with E-state index < -0.39 is 0 Å². The number of pyridine rings is 1. The third kappa shape index (κ3) is 4.33. The summed E-state index contributed by atoms with van der Waals surface area (Å²) in [7, 11) is 0. The largest absolute Gasteiger partial charge is 0.354 e. The van der Waals surface area contributed by atoms with E-state index in [-0.39, 0.29) is 0 Å². The van der Waals surface area contributed by atoms with Crippen molar-refractivity contribution < 1.29 is 0 Å². The second kappa shape index (κ2) is 8.01. The predicted octanol–water partition coefficient (Wildman–Crippen LogP) is 5.08. The van der Waals surface area contributed by atoms with Crippen LogP contribution in [0.1, 0.15) is 5.56 Å². The van der Waals surface area contributed by atoms with Crippen molar-refractivity contribution in [3.05, 3.63) is 83.6 Å². The summed E-state index contributed by atoms with van der Waals surface area (Å²) in [6, 6.07) is 19.7. The molecule has 0 aliphatic carbocycles. The molecular weight excluding hydrogens is 358 g/mol. The molecule has 0 unspecified atom stereocenters. The maximum absolute atomic E-state index is 5.91. The highest BCUT2D eigenvalue weighted by molar-refractivity contribution is 6.30. The topological polar surface area (TPSA) is 62.7 Å². The number of nitrogens with zero attached hydrogens (tertiary/aromatic N) is 3. The number of hydrogen-bond donors (Lipinski definition) is 2. The SMILES string of the molecule is Clc1ccc(CCNc2nccc(Nc3cccc4cccnc34)n2)cc1. The zero-order valence-electron chi connectivity index (χ0n) is 14.6. The Kier molecular flexibility index (Phi) is 5.12. The summed E-state index contributed by atoms with van der Waals surface area (Å²) in [5.41, 5.74) is 3.04. The maximum Gasteiger partial charge on any atom is 0.224 e. The van der Waals surface area contributed by atoms with Gasteiger partial charge in [-0.1, -0.05) is 41.9 Å². The van der Waals surface area contributed by atoms with Gasteiger partial charge >= 0.3 is 0 Å². The number of hydrogen-bond acceptors (Lipinski definition) is 5. The fraction of sp³-hybridized carbons (Fsp3) is 0.0952. The summed E-state index contributed by atoms with van der Waals surface area (Å²) in [6.45, 7) is 0.737. The molecule has 0 aliphatic heterocycles. The average molecular weight is 376 g/mol. The minimum absolute atomic E-state index is 0.585. The Balaban J connectivity index is 1.43. The van der Waals surface area contributed by atoms with Gasteiger partial charge in [-0.05, 0) is 42.3 Å². The number of aromatic nitrogens is 3. The Hall–Kier alpha value is -3.18. The van der Waals surface area contributed by atoms with Crippen molar-refractivity contribution >= 4 is 40.0 Å². The molecular formula is C21H18ClN5. The molecule has 0 radical (unpaired) electrons. The Morgan fingerprint density at radius 2 is 1.70 bits per heavy atom. The summed E-state index contributed by atoms with van der Waals surface area (Å²) in [5, 5.41) is 8.42. The van der Waals surface area contributed by atoms with Gasteiger partial charge < -0.3 is 10.6 Å². The van der Waals surface area contributed by atoms with Gasteiger partial charge in [-0.15, -0.1) is 0 Å². The number of nitrogens with one attached hydrogen (secondary N) is 2. The van der Waals surface area contributed by atoms with Gasteiger partial charge in [0.05, 0.1) is 11.2 Å². The zero-order valence-corrected chi connectivity index (χ0v) is 15.3. The quantitative estimate of drug-likeness (QED) is 0.492. The Bertz CT molecular complexity index is 1040. The van der Waals surface area contributed by atoms with E-state index in [1.54, 1.807) is 12.4 Å². The fourth-order valence-electron chi connectivity index (χ4n) is 2.83. The standard InChI is InChI=1S/C21H18ClN5/c22-17-8-6-15(7-9-17)10-13-24-21-25-14-11-19(27-21)26-18-5-1-3-16-4-2-12-23-20(16)18/h1-9,11-12,14H,10,13H2,(H2,24,25,26,27). The lowest BCUT2D eigenvalue weighted by Gasteiger charge is -2.10. The molecule has 0 amide bonds. The van der Waals surface area contributed by atoms with Gasteiger partial charge in [-0.2, -0.15) is 4.98 Å². The van der Waals surface area contributed by atoms with Crippen LogP contribution in [0, 0.1) is 0 Å². The summed E-state index contributed by atoms with van der Waals surface area (Å²) in [5.74, 6) is 1.30. The van der Waals surface area contributed by atoms with E-state index >= 15 is 0 Å². The highest BCUT2D eigenvalue weighted by Gasteiger charge is 2.04. The lowest BCUT2D eigenvalue weighted by atomic mass is 10.1. The van der Waals surface area contributed by atoms with Crippen molar-refractivity contribution in [2.24, 2.45) is 0 Å². The van der Waals surface area contributed by atoms with E-state index in [0.29, 0.717) is 5.95 Å². The van der Waals surface area contributed by atoms with Crippen LogP contribution < -0.4 is 10.6 Å². The van der Waals surface area contributed by atoms with E-state index in [2.05, 4.69) is 25.6 Å². The highest BCUT2D eigenvalue weighted by Crippen LogP contribution is 2.23. The maximum atomic E-state index is 5.91. The van der Waals surface area contributed by atoms with Gasteiger partial charge in [-0.25, -0.2) is 4.98 Å². The van der Waals surface area contributed by atoms with Crippen molar-refractivity contribution in [2.75, 3.05) is 17.2 Å². The smallest absolute Gasteiger partial charge is 0.224 e. The van der Waals surface area contributed by atoms with E-state index in [1.807, 2.05) is 60.7 Å². The molecule has 2 aromatic carbocycles. The molecule has 0 fully saturated rings. The molecule has 4 rings (SSSR count). The first kappa shape index (κ1) is 17.2. The number of benzene rings is 2. The molecule has 0 atom stereocenters. The lowest BCUT2D eigenvalue weighted by Crippen LogP contribution is -2.08. The van der Waals surface area contributed by atoms with Gasteiger partial charge in [0.1, 0.15) is 5.82 Å². The molecule has 5 nitrogen and oxygen atoms in total. The third-order valence-corrected chi connectivity index (χ3v) is 4.41. The number of para-hydroxylation sites is 1. The number of fused-ring (bicyclic) bond motifs is 1. The van der Waals surface area contributed by atoms with E-state index in [4.69, 9.17) is 11.6 Å². The number of rotatable bonds is 6. The molecule has 6 heteroatoms. The minimum atomic E-state index is 0.585. The van der Waals surface area contributed by atoms with Crippen LogP contribution in [-0.2, 0) is 6.42 Å². The van der Waals surface area contributed by atoms with Crippen LogP contribution >= 0.6 is 11.6 Å². The molecule has 0 saturated heterocycles. The van der Waals surface area contributed by atoms with Crippen molar-refractivity contribution in [3.8, 4) is 0 Å². The number of anilines is 3. The molecule has 0 spiro atoms. The van der Waals surface area contributed by atoms with Gasteiger partial charge in [0.15, 0.2) is 0 Å². The molecule has 134 valence electrons. The van der Waals surface area contributed by atoms with Crippen LogP contribution in [0.4, 0.5) is 17.5 Å². The first-order chi connectivity index (χ1) is 13.3. The van der Waals surface area contributed by atoms with Gasteiger partial charge in [0, 0.05) is 29.3 Å². The average Bonchev–Trinajstić information content (AvgIpc) is 2.70. The molecule has 0 saturated carbocycles. The van der Waals surface area contributed by atoms with Gasteiger partial charge in [0.2, 0.25) is 5.95 Å². The third-order valence-electron chi connectivity index (χ3n) is 4.16. The van der Waals surface area contributed by atoms with Crippen molar-refractivity contribution in [2.45, 2.75) is 6.42 Å². The molecule has 27 heavy (non-hydrogen) atoms. The second-order valence-corrected chi connectivity index (χ2v) is 6.51. The van der Waals surface area contributed by atoms with E-state index in [0.717, 1.165) is 40.4 Å². The predicted molar refractivity (Wildman–Crippen MR) is 111 cm³/mol. The normalized spacial score (nSPS) is 10.7. The van der Waals surface area contributed by atoms with Crippen LogP contribution in [0.3, 0.4) is 0 Å². The molecule has 2 heterocycles. The Morgan fingerprint density at radius 1 is 0.852 bits per heavy atom. The first-order valence-electron chi connectivity index (χ1n) is 8.70. The van der Waals surface area contributed by atoms with Crippen molar-refractivity contribution in [1.29, 1.82) is 0 Å². The monoisotopic (exact) mass is 375 g/mol. The first-order valence-corrected chi connectivity index (χ1v) is 9.08. The summed E-state index contributed by atoms with van der Waals surface area (Å²) in [4.78, 5) is 13.3. The van der Waals surface area contributed by atoms with E-state index in [1.165, 1.54) is 5.56 Å². The Labute approximate surface area is 162 Å². The van der Waals surface area contributed by atoms with Crippen LogP contribution in [0.25, 0.3) is 10.9 Å². The molecule has 0 bridgehead atoms. The molecule has 0 aliphatic rings. The molecule has 4 aromatic rings. The van der Waals surface area contributed by atoms with Crippen LogP contribution in [-0.4, -0.2) is 21.5 Å². The van der Waals surface area contributed by atoms with Crippen molar-refractivity contribution in [3.63, 3.8) is 0 Å². The van der Waals surface area contributed by atoms with Crippen LogP contribution in [0.5, 0.6) is 0 Å². The summed E-state index contributed by atoms with van der Waals surface area (Å²) < 4.78 is 0. The van der Waals surface area contributed by atoms with Gasteiger partial charge in [-0.3, -0.25) is 4.98 Å². The number of halogens is 1. The van der Waals surface area contributed by atoms with E-state index in [9.17, 15) is 0 Å². The summed E-state index contributed by atoms with van der Waals surface area (Å²) >= 11 is 5.91. The highest BCUT2D eigenvalue weighted by atomic mass is 35.5. The Morgan fingerprint density at radius 3 is 2.59 bits per heavy atom. The van der Waals surface area contributed by atoms with Crippen molar-refractivity contribution in [1.82, 2.24) is 15.0 Å². The summed E-state index contributed by atoms with van der Waals surface area (Å²) in [6.07, 6.45) is 4.39. The second-order valence-electron chi connectivity index (χ2n) is 6.07. The molecule has 2 N–H and O–H groups in total. The molecule has 2 aromatic heterocycles. The van der Waals surface area contributed by atoms with Gasteiger partial charge in [0.25, 0.3) is 0 Å². The minimum Gasteiger partial charge on any atom is -0.354 e. The fourth-order valence-corrected chi connectivity index (χ4v) is 2.95. The van der Waals surface area contributed by atoms with Crippen LogP contribution in [0.2, 0.25) is 5.02 Å². The zero-order chi connectivity index (χ0) is 18.5. The lowest BCUT2D eigenvalue weighted by molar-refractivity contribution is 0.985. The van der Waals surface area contributed by atoms with Crippen LogP contribution in [0.15, 0.2) is 73.1 Å².